The van der Waals surface area contributed by atoms with Crippen molar-refractivity contribution in [3.63, 3.8) is 0 Å². The monoisotopic (exact) mass is 381 g/mol. The van der Waals surface area contributed by atoms with Crippen molar-refractivity contribution in [2.24, 2.45) is 5.92 Å². The number of nitrogens with zero attached hydrogens (tertiary/aromatic N) is 2. The predicted molar refractivity (Wildman–Crippen MR) is 90.0 cm³/mol. The fourth-order valence-corrected chi connectivity index (χ4v) is 4.04. The third-order valence-electron chi connectivity index (χ3n) is 3.92. The van der Waals surface area contributed by atoms with Gasteiger partial charge in [-0.3, -0.25) is 4.79 Å². The number of rotatable bonds is 4. The fraction of sp³-hybridized carbons (Fsp3) is 0.400. The van der Waals surface area contributed by atoms with Gasteiger partial charge in [0, 0.05) is 6.04 Å². The SMILES string of the molecule is O=C(O)C1CCC(Nc2ccc(-c3ccc(Br)s3)nn2)CC1. The van der Waals surface area contributed by atoms with Crippen LogP contribution in [0.1, 0.15) is 25.7 Å². The molecule has 0 saturated heterocycles. The molecule has 0 amide bonds. The van der Waals surface area contributed by atoms with Crippen LogP contribution < -0.4 is 5.32 Å². The van der Waals surface area contributed by atoms with Crippen molar-refractivity contribution in [2.75, 3.05) is 5.32 Å². The van der Waals surface area contributed by atoms with Gasteiger partial charge in [0.2, 0.25) is 0 Å². The number of carboxylic acid groups (broad SMARTS) is 1. The van der Waals surface area contributed by atoms with E-state index in [4.69, 9.17) is 5.11 Å². The molecule has 2 N–H and O–H groups in total. The van der Waals surface area contributed by atoms with E-state index in [0.717, 1.165) is 45.9 Å². The Morgan fingerprint density at radius 2 is 1.95 bits per heavy atom. The summed E-state index contributed by atoms with van der Waals surface area (Å²) in [5.74, 6) is -0.119. The number of thiophene rings is 1. The number of carbonyl (C=O) groups is 1. The van der Waals surface area contributed by atoms with Crippen LogP contribution >= 0.6 is 27.3 Å². The van der Waals surface area contributed by atoms with Crippen molar-refractivity contribution in [3.05, 3.63) is 28.1 Å². The second-order valence-corrected chi connectivity index (χ2v) is 7.90. The van der Waals surface area contributed by atoms with E-state index in [9.17, 15) is 4.79 Å². The lowest BCUT2D eigenvalue weighted by atomic mass is 9.86. The molecule has 0 aliphatic heterocycles. The van der Waals surface area contributed by atoms with E-state index in [2.05, 4.69) is 31.4 Å². The van der Waals surface area contributed by atoms with Crippen LogP contribution in [0.4, 0.5) is 5.82 Å². The van der Waals surface area contributed by atoms with Crippen LogP contribution in [0, 0.1) is 5.92 Å². The van der Waals surface area contributed by atoms with E-state index in [1.54, 1.807) is 11.3 Å². The van der Waals surface area contributed by atoms with Crippen molar-refractivity contribution in [3.8, 4) is 10.6 Å². The molecule has 116 valence electrons. The summed E-state index contributed by atoms with van der Waals surface area (Å²) < 4.78 is 1.07. The molecule has 0 aromatic carbocycles. The maximum absolute atomic E-state index is 10.9. The normalized spacial score (nSPS) is 21.5. The standard InChI is InChI=1S/C15H16BrN3O2S/c16-13-7-6-12(22-13)11-5-8-14(19-18-11)17-10-3-1-9(2-4-10)15(20)21/h5-10H,1-4H2,(H,17,19)(H,20,21). The number of hydrogen-bond donors (Lipinski definition) is 2. The minimum Gasteiger partial charge on any atom is -0.481 e. The van der Waals surface area contributed by atoms with Crippen LogP contribution in [-0.4, -0.2) is 27.3 Å². The minimum absolute atomic E-state index is 0.191. The van der Waals surface area contributed by atoms with Gasteiger partial charge in [0.05, 0.1) is 14.6 Å². The van der Waals surface area contributed by atoms with Crippen molar-refractivity contribution in [1.29, 1.82) is 0 Å². The Kier molecular flexibility index (Phi) is 4.73. The lowest BCUT2D eigenvalue weighted by Gasteiger charge is -2.27. The molecule has 1 fully saturated rings. The second kappa shape index (κ2) is 6.75. The number of anilines is 1. The lowest BCUT2D eigenvalue weighted by Crippen LogP contribution is -2.29. The van der Waals surface area contributed by atoms with Gasteiger partial charge in [-0.1, -0.05) is 0 Å². The average molecular weight is 382 g/mol. The van der Waals surface area contributed by atoms with Gasteiger partial charge in [-0.2, -0.15) is 0 Å². The Balaban J connectivity index is 1.59. The minimum atomic E-state index is -0.676. The first-order chi connectivity index (χ1) is 10.6. The maximum atomic E-state index is 10.9. The van der Waals surface area contributed by atoms with Crippen LogP contribution in [-0.2, 0) is 4.79 Å². The molecule has 1 saturated carbocycles. The highest BCUT2D eigenvalue weighted by atomic mass is 79.9. The first-order valence-electron chi connectivity index (χ1n) is 7.20. The quantitative estimate of drug-likeness (QED) is 0.835. The fourth-order valence-electron chi connectivity index (χ4n) is 2.69. The number of carboxylic acids is 1. The molecule has 0 spiro atoms. The zero-order valence-corrected chi connectivity index (χ0v) is 14.2. The van der Waals surface area contributed by atoms with Crippen LogP contribution in [0.25, 0.3) is 10.6 Å². The number of nitrogens with one attached hydrogen (secondary N) is 1. The van der Waals surface area contributed by atoms with Gasteiger partial charge in [0.25, 0.3) is 0 Å². The molecule has 0 radical (unpaired) electrons. The predicted octanol–water partition coefficient (Wildman–Crippen LogP) is 4.02. The van der Waals surface area contributed by atoms with Crippen LogP contribution in [0.2, 0.25) is 0 Å². The third-order valence-corrected chi connectivity index (χ3v) is 5.56. The molecule has 0 atom stereocenters. The van der Waals surface area contributed by atoms with Gasteiger partial charge in [-0.05, 0) is 65.9 Å². The van der Waals surface area contributed by atoms with Crippen LogP contribution in [0.15, 0.2) is 28.1 Å². The number of aromatic nitrogens is 2. The zero-order chi connectivity index (χ0) is 15.5. The van der Waals surface area contributed by atoms with Gasteiger partial charge in [0.1, 0.15) is 11.5 Å². The van der Waals surface area contributed by atoms with E-state index in [0.29, 0.717) is 0 Å². The van der Waals surface area contributed by atoms with Gasteiger partial charge in [0.15, 0.2) is 0 Å². The number of halogens is 1. The van der Waals surface area contributed by atoms with Gasteiger partial charge in [-0.15, -0.1) is 21.5 Å². The largest absolute Gasteiger partial charge is 0.481 e. The van der Waals surface area contributed by atoms with Gasteiger partial charge >= 0.3 is 5.97 Å². The van der Waals surface area contributed by atoms with E-state index < -0.39 is 5.97 Å². The molecular weight excluding hydrogens is 366 g/mol. The molecule has 2 aromatic rings. The van der Waals surface area contributed by atoms with Gasteiger partial charge in [-0.25, -0.2) is 0 Å². The highest BCUT2D eigenvalue weighted by Gasteiger charge is 2.25. The lowest BCUT2D eigenvalue weighted by molar-refractivity contribution is -0.142. The summed E-state index contributed by atoms with van der Waals surface area (Å²) in [6.45, 7) is 0. The number of aliphatic carboxylic acids is 1. The number of hydrogen-bond acceptors (Lipinski definition) is 5. The van der Waals surface area contributed by atoms with Crippen molar-refractivity contribution in [2.45, 2.75) is 31.7 Å². The molecule has 2 heterocycles. The molecular formula is C15H16BrN3O2S. The summed E-state index contributed by atoms with van der Waals surface area (Å²) >= 11 is 5.06. The highest BCUT2D eigenvalue weighted by Crippen LogP contribution is 2.30. The Hall–Kier alpha value is -1.47. The molecule has 22 heavy (non-hydrogen) atoms. The van der Waals surface area contributed by atoms with Gasteiger partial charge < -0.3 is 10.4 Å². The molecule has 3 rings (SSSR count). The first kappa shape index (κ1) is 15.4. The van der Waals surface area contributed by atoms with Crippen molar-refractivity contribution in [1.82, 2.24) is 10.2 Å². The maximum Gasteiger partial charge on any atom is 0.306 e. The summed E-state index contributed by atoms with van der Waals surface area (Å²) in [5, 5.41) is 20.8. The smallest absolute Gasteiger partial charge is 0.306 e. The van der Waals surface area contributed by atoms with Crippen molar-refractivity contribution >= 4 is 39.1 Å². The molecule has 1 aliphatic carbocycles. The highest BCUT2D eigenvalue weighted by molar-refractivity contribution is 9.11. The van der Waals surface area contributed by atoms with Crippen LogP contribution in [0.3, 0.4) is 0 Å². The molecule has 7 heteroatoms. The molecule has 1 aliphatic rings. The summed E-state index contributed by atoms with van der Waals surface area (Å²) in [4.78, 5) is 12.0. The van der Waals surface area contributed by atoms with E-state index >= 15 is 0 Å². The first-order valence-corrected chi connectivity index (χ1v) is 8.81. The van der Waals surface area contributed by atoms with E-state index in [-0.39, 0.29) is 12.0 Å². The second-order valence-electron chi connectivity index (χ2n) is 5.44. The Morgan fingerprint density at radius 1 is 1.18 bits per heavy atom. The summed E-state index contributed by atoms with van der Waals surface area (Å²) in [6, 6.07) is 8.18. The summed E-state index contributed by atoms with van der Waals surface area (Å²) in [7, 11) is 0. The molecule has 5 nitrogen and oxygen atoms in total. The Labute approximate surface area is 140 Å². The van der Waals surface area contributed by atoms with Crippen molar-refractivity contribution < 1.29 is 9.90 Å². The Morgan fingerprint density at radius 3 is 2.50 bits per heavy atom. The summed E-state index contributed by atoms with van der Waals surface area (Å²) in [5.41, 5.74) is 0.857. The average Bonchev–Trinajstić information content (AvgIpc) is 2.95. The van der Waals surface area contributed by atoms with E-state index in [1.807, 2.05) is 24.3 Å². The Bertz CT molecular complexity index is 651. The topological polar surface area (TPSA) is 75.1 Å². The molecule has 2 aromatic heterocycles. The third kappa shape index (κ3) is 3.64. The molecule has 0 bridgehead atoms. The van der Waals surface area contributed by atoms with E-state index in [1.165, 1.54) is 0 Å². The zero-order valence-electron chi connectivity index (χ0n) is 11.8. The molecule has 0 unspecified atom stereocenters. The summed E-state index contributed by atoms with van der Waals surface area (Å²) in [6.07, 6.45) is 3.17. The van der Waals surface area contributed by atoms with Crippen LogP contribution in [0.5, 0.6) is 0 Å².